The van der Waals surface area contributed by atoms with Crippen LogP contribution < -0.4 is 5.32 Å². The summed E-state index contributed by atoms with van der Waals surface area (Å²) in [6, 6.07) is 3.95. The number of hydrogen-bond donors (Lipinski definition) is 1. The van der Waals surface area contributed by atoms with Crippen LogP contribution in [0.25, 0.3) is 0 Å². The zero-order valence-corrected chi connectivity index (χ0v) is 12.3. The minimum absolute atomic E-state index is 0.0767. The Morgan fingerprint density at radius 2 is 2.05 bits per heavy atom. The molecule has 4 nitrogen and oxygen atoms in total. The molecule has 1 saturated heterocycles. The molecular weight excluding hydrogens is 240 g/mol. The maximum atomic E-state index is 11.7. The molecule has 1 amide bonds. The van der Waals surface area contributed by atoms with Crippen LogP contribution in [0.5, 0.6) is 0 Å². The van der Waals surface area contributed by atoms with Crippen molar-refractivity contribution >= 4 is 5.91 Å². The molecule has 0 aromatic carbocycles. The van der Waals surface area contributed by atoms with E-state index in [2.05, 4.69) is 33.0 Å². The van der Waals surface area contributed by atoms with E-state index in [4.69, 9.17) is 4.42 Å². The first-order chi connectivity index (χ1) is 8.83. The summed E-state index contributed by atoms with van der Waals surface area (Å²) >= 11 is 0. The number of carbonyl (C=O) groups excluding carboxylic acids is 1. The molecule has 1 aliphatic heterocycles. The molecule has 1 fully saturated rings. The first kappa shape index (κ1) is 14.1. The molecule has 106 valence electrons. The zero-order chi connectivity index (χ0) is 14.0. The van der Waals surface area contributed by atoms with Crippen molar-refractivity contribution in [3.8, 4) is 0 Å². The molecule has 4 heteroatoms. The van der Waals surface area contributed by atoms with Crippen LogP contribution in [0.4, 0.5) is 0 Å². The first-order valence-corrected chi connectivity index (χ1v) is 6.94. The third-order valence-corrected chi connectivity index (χ3v) is 3.26. The van der Waals surface area contributed by atoms with E-state index >= 15 is 0 Å². The van der Waals surface area contributed by atoms with Crippen molar-refractivity contribution in [1.82, 2.24) is 10.2 Å². The number of furan rings is 1. The highest BCUT2D eigenvalue weighted by Gasteiger charge is 2.27. The summed E-state index contributed by atoms with van der Waals surface area (Å²) in [4.78, 5) is 13.6. The third-order valence-electron chi connectivity index (χ3n) is 3.26. The number of nitrogens with zero attached hydrogens (tertiary/aromatic N) is 1. The largest absolute Gasteiger partial charge is 0.463 e. The van der Waals surface area contributed by atoms with E-state index in [0.29, 0.717) is 25.4 Å². The van der Waals surface area contributed by atoms with Crippen molar-refractivity contribution < 1.29 is 9.21 Å². The van der Waals surface area contributed by atoms with Gasteiger partial charge in [-0.05, 0) is 38.8 Å². The standard InChI is InChI=1S/C15H24N2O2/c1-11-7-14(18)17(9-11)10-13-6-5-12(19-13)8-16-15(2,3)4/h5-6,11,16H,7-10H2,1-4H3. The topological polar surface area (TPSA) is 45.5 Å². The van der Waals surface area contributed by atoms with Gasteiger partial charge in [0, 0.05) is 18.5 Å². The van der Waals surface area contributed by atoms with Gasteiger partial charge in [0.05, 0.1) is 13.1 Å². The van der Waals surface area contributed by atoms with Crippen molar-refractivity contribution in [2.24, 2.45) is 5.92 Å². The molecule has 1 unspecified atom stereocenters. The van der Waals surface area contributed by atoms with Crippen molar-refractivity contribution in [3.63, 3.8) is 0 Å². The SMILES string of the molecule is CC1CC(=O)N(Cc2ccc(CNC(C)(C)C)o2)C1. The van der Waals surface area contributed by atoms with Gasteiger partial charge in [0.1, 0.15) is 11.5 Å². The molecule has 0 spiro atoms. The van der Waals surface area contributed by atoms with E-state index in [1.54, 1.807) is 0 Å². The normalized spacial score (nSPS) is 20.3. The number of likely N-dealkylation sites (tertiary alicyclic amines) is 1. The molecule has 0 aliphatic carbocycles. The van der Waals surface area contributed by atoms with Crippen LogP contribution in [0, 0.1) is 5.92 Å². The summed E-state index contributed by atoms with van der Waals surface area (Å²) in [5, 5.41) is 3.39. The van der Waals surface area contributed by atoms with E-state index in [0.717, 1.165) is 18.1 Å². The lowest BCUT2D eigenvalue weighted by molar-refractivity contribution is -0.128. The van der Waals surface area contributed by atoms with Crippen LogP contribution in [-0.2, 0) is 17.9 Å². The highest BCUT2D eigenvalue weighted by Crippen LogP contribution is 2.20. The lowest BCUT2D eigenvalue weighted by Crippen LogP contribution is -2.34. The molecule has 1 N–H and O–H groups in total. The van der Waals surface area contributed by atoms with Crippen molar-refractivity contribution in [2.75, 3.05) is 6.54 Å². The first-order valence-electron chi connectivity index (χ1n) is 6.94. The maximum Gasteiger partial charge on any atom is 0.223 e. The Labute approximate surface area is 115 Å². The highest BCUT2D eigenvalue weighted by molar-refractivity contribution is 5.78. The quantitative estimate of drug-likeness (QED) is 0.909. The number of rotatable bonds is 4. The van der Waals surface area contributed by atoms with Gasteiger partial charge in [-0.25, -0.2) is 0 Å². The Hall–Kier alpha value is -1.29. The Kier molecular flexibility index (Phi) is 3.99. The Morgan fingerprint density at radius 1 is 1.37 bits per heavy atom. The minimum atomic E-state index is 0.0767. The fourth-order valence-electron chi connectivity index (χ4n) is 2.27. The second kappa shape index (κ2) is 5.37. The molecule has 1 atom stereocenters. The Bertz CT molecular complexity index is 445. The Balaban J connectivity index is 1.89. The fraction of sp³-hybridized carbons (Fsp3) is 0.667. The monoisotopic (exact) mass is 264 g/mol. The van der Waals surface area contributed by atoms with Crippen molar-refractivity contribution in [1.29, 1.82) is 0 Å². The van der Waals surface area contributed by atoms with E-state index < -0.39 is 0 Å². The molecular formula is C15H24N2O2. The number of amides is 1. The molecule has 2 heterocycles. The summed E-state index contributed by atoms with van der Waals surface area (Å²) in [5.41, 5.74) is 0.0767. The number of hydrogen-bond acceptors (Lipinski definition) is 3. The van der Waals surface area contributed by atoms with Gasteiger partial charge in [0.15, 0.2) is 0 Å². The van der Waals surface area contributed by atoms with Gasteiger partial charge in [-0.15, -0.1) is 0 Å². The van der Waals surface area contributed by atoms with Crippen LogP contribution in [0.15, 0.2) is 16.5 Å². The zero-order valence-electron chi connectivity index (χ0n) is 12.3. The van der Waals surface area contributed by atoms with E-state index in [-0.39, 0.29) is 11.4 Å². The van der Waals surface area contributed by atoms with Gasteiger partial charge in [-0.1, -0.05) is 6.92 Å². The van der Waals surface area contributed by atoms with Crippen LogP contribution in [0.1, 0.15) is 45.6 Å². The van der Waals surface area contributed by atoms with Crippen molar-refractivity contribution in [2.45, 2.75) is 52.7 Å². The van der Waals surface area contributed by atoms with Crippen LogP contribution in [-0.4, -0.2) is 22.9 Å². The fourth-order valence-corrected chi connectivity index (χ4v) is 2.27. The van der Waals surface area contributed by atoms with Crippen LogP contribution in [0.2, 0.25) is 0 Å². The summed E-state index contributed by atoms with van der Waals surface area (Å²) in [6.07, 6.45) is 0.666. The van der Waals surface area contributed by atoms with Gasteiger partial charge in [-0.3, -0.25) is 4.79 Å². The molecule has 0 radical (unpaired) electrons. The van der Waals surface area contributed by atoms with E-state index in [1.165, 1.54) is 0 Å². The van der Waals surface area contributed by atoms with Gasteiger partial charge < -0.3 is 14.6 Å². The predicted molar refractivity (Wildman–Crippen MR) is 74.5 cm³/mol. The lowest BCUT2D eigenvalue weighted by Gasteiger charge is -2.19. The van der Waals surface area contributed by atoms with Gasteiger partial charge in [-0.2, -0.15) is 0 Å². The average molecular weight is 264 g/mol. The van der Waals surface area contributed by atoms with Crippen molar-refractivity contribution in [3.05, 3.63) is 23.7 Å². The molecule has 0 bridgehead atoms. The lowest BCUT2D eigenvalue weighted by atomic mass is 10.1. The predicted octanol–water partition coefficient (Wildman–Crippen LogP) is 2.54. The highest BCUT2D eigenvalue weighted by atomic mass is 16.3. The molecule has 1 aromatic rings. The number of carbonyl (C=O) groups is 1. The molecule has 2 rings (SSSR count). The summed E-state index contributed by atoms with van der Waals surface area (Å²) in [5.74, 6) is 2.49. The minimum Gasteiger partial charge on any atom is -0.463 e. The smallest absolute Gasteiger partial charge is 0.223 e. The number of nitrogens with one attached hydrogen (secondary N) is 1. The van der Waals surface area contributed by atoms with E-state index in [1.807, 2.05) is 17.0 Å². The maximum absolute atomic E-state index is 11.7. The van der Waals surface area contributed by atoms with Gasteiger partial charge >= 0.3 is 0 Å². The Morgan fingerprint density at radius 3 is 2.63 bits per heavy atom. The third kappa shape index (κ3) is 4.10. The molecule has 19 heavy (non-hydrogen) atoms. The average Bonchev–Trinajstić information content (AvgIpc) is 2.83. The molecule has 1 aliphatic rings. The van der Waals surface area contributed by atoms with Gasteiger partial charge in [0.2, 0.25) is 5.91 Å². The molecule has 0 saturated carbocycles. The van der Waals surface area contributed by atoms with Gasteiger partial charge in [0.25, 0.3) is 0 Å². The summed E-state index contributed by atoms with van der Waals surface area (Å²) in [6.45, 7) is 10.6. The van der Waals surface area contributed by atoms with Crippen LogP contribution in [0.3, 0.4) is 0 Å². The van der Waals surface area contributed by atoms with Crippen LogP contribution >= 0.6 is 0 Å². The second-order valence-corrected chi connectivity index (χ2v) is 6.56. The molecule has 1 aromatic heterocycles. The summed E-state index contributed by atoms with van der Waals surface area (Å²) in [7, 11) is 0. The summed E-state index contributed by atoms with van der Waals surface area (Å²) < 4.78 is 5.77. The second-order valence-electron chi connectivity index (χ2n) is 6.56. The van der Waals surface area contributed by atoms with E-state index in [9.17, 15) is 4.79 Å².